The number of nitrogens with zero attached hydrogens (tertiary/aromatic N) is 1. The average molecular weight is 395 g/mol. The zero-order chi connectivity index (χ0) is 19.6. The van der Waals surface area contributed by atoms with Crippen molar-refractivity contribution < 1.29 is 27.5 Å². The zero-order valence-electron chi connectivity index (χ0n) is 14.8. The van der Waals surface area contributed by atoms with Gasteiger partial charge in [0.2, 0.25) is 5.91 Å². The van der Waals surface area contributed by atoms with E-state index < -0.39 is 27.8 Å². The molecule has 0 unspecified atom stereocenters. The van der Waals surface area contributed by atoms with E-state index in [0.717, 1.165) is 4.90 Å². The number of imide groups is 1. The van der Waals surface area contributed by atoms with Crippen LogP contribution >= 0.6 is 0 Å². The molecule has 2 atom stereocenters. The highest BCUT2D eigenvalue weighted by Crippen LogP contribution is 2.23. The van der Waals surface area contributed by atoms with Crippen molar-refractivity contribution in [2.45, 2.75) is 31.3 Å². The Labute approximate surface area is 157 Å². The van der Waals surface area contributed by atoms with Gasteiger partial charge in [-0.05, 0) is 37.1 Å². The van der Waals surface area contributed by atoms with Crippen molar-refractivity contribution in [1.82, 2.24) is 10.6 Å². The number of ether oxygens (including phenoxy) is 1. The van der Waals surface area contributed by atoms with E-state index in [4.69, 9.17) is 4.74 Å². The molecule has 10 heteroatoms. The maximum atomic E-state index is 12.5. The number of benzene rings is 1. The van der Waals surface area contributed by atoms with Crippen LogP contribution in [0.2, 0.25) is 0 Å². The molecule has 2 heterocycles. The van der Waals surface area contributed by atoms with Gasteiger partial charge >= 0.3 is 6.03 Å². The third-order valence-corrected chi connectivity index (χ3v) is 6.38. The Bertz CT molecular complexity index is 852. The van der Waals surface area contributed by atoms with Crippen LogP contribution in [0.15, 0.2) is 24.3 Å². The van der Waals surface area contributed by atoms with Gasteiger partial charge in [-0.15, -0.1) is 0 Å². The van der Waals surface area contributed by atoms with Crippen molar-refractivity contribution in [1.29, 1.82) is 0 Å². The first-order valence-corrected chi connectivity index (χ1v) is 10.4. The Morgan fingerprint density at radius 2 is 2.00 bits per heavy atom. The van der Waals surface area contributed by atoms with Crippen molar-refractivity contribution in [2.24, 2.45) is 0 Å². The van der Waals surface area contributed by atoms with Crippen LogP contribution in [0.5, 0.6) is 5.75 Å². The van der Waals surface area contributed by atoms with Gasteiger partial charge in [0.25, 0.3) is 5.91 Å². The van der Waals surface area contributed by atoms with Crippen LogP contribution in [0.25, 0.3) is 0 Å². The van der Waals surface area contributed by atoms with E-state index in [1.807, 2.05) is 0 Å². The summed E-state index contributed by atoms with van der Waals surface area (Å²) in [5.74, 6) is -0.133. The fourth-order valence-electron chi connectivity index (χ4n) is 3.19. The second-order valence-electron chi connectivity index (χ2n) is 6.58. The van der Waals surface area contributed by atoms with Crippen LogP contribution in [0, 0.1) is 0 Å². The summed E-state index contributed by atoms with van der Waals surface area (Å²) in [4.78, 5) is 37.7. The van der Waals surface area contributed by atoms with Crippen LogP contribution in [-0.4, -0.2) is 57.0 Å². The van der Waals surface area contributed by atoms with E-state index in [2.05, 4.69) is 10.6 Å². The van der Waals surface area contributed by atoms with Crippen LogP contribution in [0.1, 0.15) is 19.3 Å². The van der Waals surface area contributed by atoms with E-state index >= 15 is 0 Å². The molecule has 1 aromatic carbocycles. The number of carbonyl (C=O) groups excluding carboxylic acids is 3. The predicted octanol–water partition coefficient (Wildman–Crippen LogP) is 0.204. The second kappa shape index (κ2) is 7.55. The van der Waals surface area contributed by atoms with Gasteiger partial charge in [-0.2, -0.15) is 0 Å². The molecular formula is C17H21N3O6S. The number of hydrogen-bond donors (Lipinski definition) is 2. The van der Waals surface area contributed by atoms with Crippen molar-refractivity contribution in [3.63, 3.8) is 0 Å². The summed E-state index contributed by atoms with van der Waals surface area (Å²) in [6.07, 6.45) is 0.560. The Balaban J connectivity index is 1.54. The minimum atomic E-state index is -3.07. The summed E-state index contributed by atoms with van der Waals surface area (Å²) < 4.78 is 27.9. The molecule has 2 fully saturated rings. The lowest BCUT2D eigenvalue weighted by Gasteiger charge is -2.14. The maximum absolute atomic E-state index is 12.5. The number of methoxy groups -OCH3 is 1. The van der Waals surface area contributed by atoms with Gasteiger partial charge < -0.3 is 15.4 Å². The zero-order valence-corrected chi connectivity index (χ0v) is 15.6. The lowest BCUT2D eigenvalue weighted by atomic mass is 10.1. The largest absolute Gasteiger partial charge is 0.497 e. The van der Waals surface area contributed by atoms with Gasteiger partial charge in [-0.1, -0.05) is 0 Å². The SMILES string of the molecule is COc1ccc(N2C(=O)N[C@H](CCC(=O)N[C@H]3CCS(=O)(=O)C3)C2=O)cc1. The molecular weight excluding hydrogens is 374 g/mol. The third kappa shape index (κ3) is 4.38. The van der Waals surface area contributed by atoms with Crippen molar-refractivity contribution in [3.8, 4) is 5.75 Å². The molecule has 2 saturated heterocycles. The Hall–Kier alpha value is -2.62. The lowest BCUT2D eigenvalue weighted by molar-refractivity contribution is -0.122. The van der Waals surface area contributed by atoms with Crippen LogP contribution in [0.4, 0.5) is 10.5 Å². The predicted molar refractivity (Wildman–Crippen MR) is 97.2 cm³/mol. The molecule has 0 radical (unpaired) electrons. The number of rotatable bonds is 6. The van der Waals surface area contributed by atoms with Gasteiger partial charge in [0.15, 0.2) is 9.84 Å². The monoisotopic (exact) mass is 395 g/mol. The van der Waals surface area contributed by atoms with Gasteiger partial charge in [-0.3, -0.25) is 9.59 Å². The summed E-state index contributed by atoms with van der Waals surface area (Å²) in [6, 6.07) is 4.78. The van der Waals surface area contributed by atoms with Crippen molar-refractivity contribution >= 4 is 33.4 Å². The molecule has 3 rings (SSSR count). The van der Waals surface area contributed by atoms with Crippen LogP contribution < -0.4 is 20.3 Å². The fourth-order valence-corrected chi connectivity index (χ4v) is 4.86. The highest BCUT2D eigenvalue weighted by Gasteiger charge is 2.39. The number of sulfone groups is 1. The molecule has 0 aromatic heterocycles. The lowest BCUT2D eigenvalue weighted by Crippen LogP contribution is -2.37. The summed E-state index contributed by atoms with van der Waals surface area (Å²) in [5.41, 5.74) is 0.418. The molecule has 4 amide bonds. The van der Waals surface area contributed by atoms with E-state index in [0.29, 0.717) is 17.9 Å². The van der Waals surface area contributed by atoms with Crippen LogP contribution in [-0.2, 0) is 19.4 Å². The first kappa shape index (κ1) is 19.2. The quantitative estimate of drug-likeness (QED) is 0.664. The molecule has 0 spiro atoms. The molecule has 1 aromatic rings. The molecule has 2 aliphatic rings. The topological polar surface area (TPSA) is 122 Å². The number of hydrogen-bond acceptors (Lipinski definition) is 6. The molecule has 0 aliphatic carbocycles. The van der Waals surface area contributed by atoms with E-state index in [-0.39, 0.29) is 36.3 Å². The molecule has 0 bridgehead atoms. The Kier molecular flexibility index (Phi) is 5.36. The van der Waals surface area contributed by atoms with E-state index in [1.54, 1.807) is 24.3 Å². The van der Waals surface area contributed by atoms with Gasteiger partial charge in [-0.25, -0.2) is 18.1 Å². The number of carbonyl (C=O) groups is 3. The first-order valence-electron chi connectivity index (χ1n) is 8.57. The minimum Gasteiger partial charge on any atom is -0.497 e. The van der Waals surface area contributed by atoms with Crippen molar-refractivity contribution in [3.05, 3.63) is 24.3 Å². The Morgan fingerprint density at radius 3 is 2.59 bits per heavy atom. The number of anilines is 1. The van der Waals surface area contributed by atoms with Gasteiger partial charge in [0.1, 0.15) is 11.8 Å². The van der Waals surface area contributed by atoms with Gasteiger partial charge in [0, 0.05) is 12.5 Å². The summed E-state index contributed by atoms with van der Waals surface area (Å²) in [7, 11) is -1.55. The third-order valence-electron chi connectivity index (χ3n) is 4.61. The highest BCUT2D eigenvalue weighted by atomic mass is 32.2. The highest BCUT2D eigenvalue weighted by molar-refractivity contribution is 7.91. The molecule has 2 N–H and O–H groups in total. The standard InChI is InChI=1S/C17H21N3O6S/c1-26-13-4-2-12(3-5-13)20-16(22)14(19-17(20)23)6-7-15(21)18-11-8-9-27(24,25)10-11/h2-5,11,14H,6-10H2,1H3,(H,18,21)(H,19,23)/t11-,14+/m0/s1. The Morgan fingerprint density at radius 1 is 1.30 bits per heavy atom. The van der Waals surface area contributed by atoms with E-state index in [1.165, 1.54) is 7.11 Å². The minimum absolute atomic E-state index is 0.0175. The second-order valence-corrected chi connectivity index (χ2v) is 8.81. The molecule has 0 saturated carbocycles. The number of amides is 4. The molecule has 27 heavy (non-hydrogen) atoms. The smallest absolute Gasteiger partial charge is 0.329 e. The summed E-state index contributed by atoms with van der Waals surface area (Å²) >= 11 is 0. The summed E-state index contributed by atoms with van der Waals surface area (Å²) in [5, 5.41) is 5.24. The maximum Gasteiger partial charge on any atom is 0.329 e. The summed E-state index contributed by atoms with van der Waals surface area (Å²) in [6.45, 7) is 0. The fraction of sp³-hybridized carbons (Fsp3) is 0.471. The van der Waals surface area contributed by atoms with Crippen LogP contribution in [0.3, 0.4) is 0 Å². The normalized spacial score (nSPS) is 24.0. The number of urea groups is 1. The van der Waals surface area contributed by atoms with E-state index in [9.17, 15) is 22.8 Å². The molecule has 9 nitrogen and oxygen atoms in total. The molecule has 146 valence electrons. The molecule has 2 aliphatic heterocycles. The first-order chi connectivity index (χ1) is 12.8. The number of nitrogens with one attached hydrogen (secondary N) is 2. The van der Waals surface area contributed by atoms with Gasteiger partial charge in [0.05, 0.1) is 24.3 Å². The van der Waals surface area contributed by atoms with Crippen molar-refractivity contribution in [2.75, 3.05) is 23.5 Å². The average Bonchev–Trinajstić information content (AvgIpc) is 3.11.